The quantitative estimate of drug-likeness (QED) is 0.770. The van der Waals surface area contributed by atoms with Gasteiger partial charge in [-0.25, -0.2) is 8.42 Å². The maximum atomic E-state index is 12.4. The third-order valence-corrected chi connectivity index (χ3v) is 5.30. The van der Waals surface area contributed by atoms with Crippen molar-refractivity contribution in [1.29, 1.82) is 0 Å². The first kappa shape index (κ1) is 12.1. The standard InChI is InChI=1S/C10H15N3O4S/c14-6-7-3-11-12-10(7)18(15,16)13-4-8-1-2-9(5-13)17-8/h3,8-9,14H,1-2,4-6H2,(H,11,12). The Labute approximate surface area is 105 Å². The number of morpholine rings is 1. The van der Waals surface area contributed by atoms with Crippen LogP contribution in [0.4, 0.5) is 0 Å². The first-order valence-electron chi connectivity index (χ1n) is 5.90. The van der Waals surface area contributed by atoms with E-state index in [1.54, 1.807) is 0 Å². The minimum absolute atomic E-state index is 0.000905. The van der Waals surface area contributed by atoms with E-state index in [2.05, 4.69) is 10.2 Å². The molecule has 1 aromatic heterocycles. The number of aromatic nitrogens is 2. The van der Waals surface area contributed by atoms with Crippen LogP contribution in [-0.2, 0) is 21.4 Å². The van der Waals surface area contributed by atoms with E-state index in [1.165, 1.54) is 10.5 Å². The molecule has 18 heavy (non-hydrogen) atoms. The van der Waals surface area contributed by atoms with Gasteiger partial charge in [-0.15, -0.1) is 0 Å². The third-order valence-electron chi connectivity index (χ3n) is 3.46. The van der Waals surface area contributed by atoms with Crippen LogP contribution in [0.25, 0.3) is 0 Å². The summed E-state index contributed by atoms with van der Waals surface area (Å²) in [5.41, 5.74) is 0.300. The number of aliphatic hydroxyl groups excluding tert-OH is 1. The number of ether oxygens (including phenoxy) is 1. The van der Waals surface area contributed by atoms with Gasteiger partial charge >= 0.3 is 0 Å². The Balaban J connectivity index is 1.91. The van der Waals surface area contributed by atoms with Crippen molar-refractivity contribution in [3.8, 4) is 0 Å². The smallest absolute Gasteiger partial charge is 0.260 e. The van der Waals surface area contributed by atoms with Crippen LogP contribution in [-0.4, -0.2) is 53.3 Å². The number of aromatic amines is 1. The number of nitrogens with zero attached hydrogens (tertiary/aromatic N) is 2. The van der Waals surface area contributed by atoms with Crippen molar-refractivity contribution in [2.45, 2.75) is 36.7 Å². The summed E-state index contributed by atoms with van der Waals surface area (Å²) in [6.45, 7) is 0.410. The lowest BCUT2D eigenvalue weighted by molar-refractivity contribution is -0.0115. The molecule has 8 heteroatoms. The van der Waals surface area contributed by atoms with E-state index in [0.717, 1.165) is 12.8 Å². The van der Waals surface area contributed by atoms with Crippen molar-refractivity contribution in [2.75, 3.05) is 13.1 Å². The van der Waals surface area contributed by atoms with E-state index in [0.29, 0.717) is 18.7 Å². The van der Waals surface area contributed by atoms with Gasteiger partial charge in [-0.05, 0) is 12.8 Å². The predicted molar refractivity (Wildman–Crippen MR) is 61.2 cm³/mol. The Kier molecular flexibility index (Phi) is 2.89. The van der Waals surface area contributed by atoms with Crippen LogP contribution in [0, 0.1) is 0 Å². The molecular formula is C10H15N3O4S. The molecule has 0 aromatic carbocycles. The SMILES string of the molecule is O=S(=O)(c1[nH]ncc1CO)N1CC2CCC(C1)O2. The molecule has 2 atom stereocenters. The number of sulfonamides is 1. The van der Waals surface area contributed by atoms with E-state index in [9.17, 15) is 8.42 Å². The van der Waals surface area contributed by atoms with Crippen LogP contribution >= 0.6 is 0 Å². The number of fused-ring (bicyclic) bond motifs is 2. The second-order valence-electron chi connectivity index (χ2n) is 4.66. The molecule has 2 bridgehead atoms. The minimum atomic E-state index is -3.61. The highest BCUT2D eigenvalue weighted by Crippen LogP contribution is 2.30. The Bertz CT molecular complexity index is 529. The van der Waals surface area contributed by atoms with Gasteiger partial charge < -0.3 is 9.84 Å². The van der Waals surface area contributed by atoms with Gasteiger partial charge in [0.2, 0.25) is 0 Å². The highest BCUT2D eigenvalue weighted by atomic mass is 32.2. The van der Waals surface area contributed by atoms with Crippen molar-refractivity contribution in [3.63, 3.8) is 0 Å². The second kappa shape index (κ2) is 4.30. The van der Waals surface area contributed by atoms with Gasteiger partial charge in [0, 0.05) is 18.7 Å². The number of H-pyrrole nitrogens is 1. The summed E-state index contributed by atoms with van der Waals surface area (Å²) in [5, 5.41) is 15.3. The number of rotatable bonds is 3. The lowest BCUT2D eigenvalue weighted by atomic mass is 10.2. The van der Waals surface area contributed by atoms with Crippen LogP contribution in [0.5, 0.6) is 0 Å². The zero-order valence-corrected chi connectivity index (χ0v) is 10.6. The molecule has 1 aromatic rings. The highest BCUT2D eigenvalue weighted by molar-refractivity contribution is 7.89. The number of nitrogens with one attached hydrogen (secondary N) is 1. The third kappa shape index (κ3) is 1.85. The molecule has 2 aliphatic rings. The predicted octanol–water partition coefficient (Wildman–Crippen LogP) is -0.546. The Morgan fingerprint density at radius 1 is 1.44 bits per heavy atom. The Morgan fingerprint density at radius 3 is 2.72 bits per heavy atom. The number of hydrogen-bond donors (Lipinski definition) is 2. The van der Waals surface area contributed by atoms with Gasteiger partial charge in [0.1, 0.15) is 0 Å². The van der Waals surface area contributed by atoms with Crippen molar-refractivity contribution in [3.05, 3.63) is 11.8 Å². The van der Waals surface area contributed by atoms with E-state index < -0.39 is 10.0 Å². The molecule has 0 radical (unpaired) electrons. The van der Waals surface area contributed by atoms with Crippen molar-refractivity contribution in [1.82, 2.24) is 14.5 Å². The molecule has 0 spiro atoms. The first-order valence-corrected chi connectivity index (χ1v) is 7.34. The second-order valence-corrected chi connectivity index (χ2v) is 6.54. The minimum Gasteiger partial charge on any atom is -0.392 e. The Hall–Kier alpha value is -0.960. The van der Waals surface area contributed by atoms with Gasteiger partial charge in [0.05, 0.1) is 25.0 Å². The fourth-order valence-electron chi connectivity index (χ4n) is 2.54. The monoisotopic (exact) mass is 273 g/mol. The van der Waals surface area contributed by atoms with Crippen molar-refractivity contribution >= 4 is 10.0 Å². The van der Waals surface area contributed by atoms with Crippen LogP contribution in [0.15, 0.2) is 11.2 Å². The summed E-state index contributed by atoms with van der Waals surface area (Å²) in [6, 6.07) is 0. The largest absolute Gasteiger partial charge is 0.392 e. The van der Waals surface area contributed by atoms with E-state index in [1.807, 2.05) is 0 Å². The molecule has 2 unspecified atom stereocenters. The van der Waals surface area contributed by atoms with E-state index in [4.69, 9.17) is 9.84 Å². The van der Waals surface area contributed by atoms with Crippen LogP contribution in [0.3, 0.4) is 0 Å². The average Bonchev–Trinajstić information content (AvgIpc) is 2.96. The van der Waals surface area contributed by atoms with Crippen molar-refractivity contribution in [2.24, 2.45) is 0 Å². The normalized spacial score (nSPS) is 28.7. The molecule has 3 heterocycles. The van der Waals surface area contributed by atoms with E-state index >= 15 is 0 Å². The zero-order valence-electron chi connectivity index (χ0n) is 9.74. The summed E-state index contributed by atoms with van der Waals surface area (Å²) in [5.74, 6) is 0. The molecule has 0 saturated carbocycles. The van der Waals surface area contributed by atoms with Gasteiger partial charge in [0.15, 0.2) is 5.03 Å². The number of hydrogen-bond acceptors (Lipinski definition) is 5. The average molecular weight is 273 g/mol. The lowest BCUT2D eigenvalue weighted by Crippen LogP contribution is -2.46. The maximum absolute atomic E-state index is 12.4. The van der Waals surface area contributed by atoms with E-state index in [-0.39, 0.29) is 23.8 Å². The van der Waals surface area contributed by atoms with Crippen molar-refractivity contribution < 1.29 is 18.3 Å². The van der Waals surface area contributed by atoms with Crippen LogP contribution in [0.1, 0.15) is 18.4 Å². The first-order chi connectivity index (χ1) is 8.61. The highest BCUT2D eigenvalue weighted by Gasteiger charge is 2.40. The maximum Gasteiger partial charge on any atom is 0.260 e. The molecule has 2 N–H and O–H groups in total. The molecule has 2 fully saturated rings. The number of aliphatic hydroxyl groups is 1. The van der Waals surface area contributed by atoms with Gasteiger partial charge in [-0.2, -0.15) is 9.40 Å². The summed E-state index contributed by atoms with van der Waals surface area (Å²) >= 11 is 0. The molecule has 7 nitrogen and oxygen atoms in total. The van der Waals surface area contributed by atoms with Gasteiger partial charge in [-0.1, -0.05) is 0 Å². The summed E-state index contributed by atoms with van der Waals surface area (Å²) in [4.78, 5) is 0. The molecular weight excluding hydrogens is 258 g/mol. The van der Waals surface area contributed by atoms with Gasteiger partial charge in [0.25, 0.3) is 10.0 Å². The van der Waals surface area contributed by atoms with Crippen LogP contribution in [0.2, 0.25) is 0 Å². The summed E-state index contributed by atoms with van der Waals surface area (Å²) in [6.07, 6.45) is 3.15. The van der Waals surface area contributed by atoms with Gasteiger partial charge in [-0.3, -0.25) is 5.10 Å². The molecule has 2 saturated heterocycles. The van der Waals surface area contributed by atoms with Crippen LogP contribution < -0.4 is 0 Å². The molecule has 100 valence electrons. The lowest BCUT2D eigenvalue weighted by Gasteiger charge is -2.30. The Morgan fingerprint density at radius 2 is 2.11 bits per heavy atom. The molecule has 2 aliphatic heterocycles. The molecule has 0 amide bonds. The fourth-order valence-corrected chi connectivity index (χ4v) is 4.14. The zero-order chi connectivity index (χ0) is 12.8. The summed E-state index contributed by atoms with van der Waals surface area (Å²) in [7, 11) is -3.61. The topological polar surface area (TPSA) is 95.5 Å². The molecule has 3 rings (SSSR count). The summed E-state index contributed by atoms with van der Waals surface area (Å²) < 4.78 is 31.9. The fraction of sp³-hybridized carbons (Fsp3) is 0.700. The molecule has 0 aliphatic carbocycles.